The monoisotopic (exact) mass is 398 g/mol. The molecule has 0 spiro atoms. The number of amides is 1. The number of nitrogens with one attached hydrogen (secondary N) is 2. The summed E-state index contributed by atoms with van der Waals surface area (Å²) in [6.45, 7) is 1.87. The van der Waals surface area contributed by atoms with Crippen LogP contribution in [0.25, 0.3) is 0 Å². The number of hydrogen-bond acceptors (Lipinski definition) is 7. The minimum atomic E-state index is -0.496. The number of benzene rings is 1. The van der Waals surface area contributed by atoms with Crippen molar-refractivity contribution in [3.8, 4) is 0 Å². The van der Waals surface area contributed by atoms with E-state index in [0.717, 1.165) is 43.1 Å². The van der Waals surface area contributed by atoms with Crippen molar-refractivity contribution in [2.45, 2.75) is 44.7 Å². The zero-order chi connectivity index (χ0) is 21.0. The van der Waals surface area contributed by atoms with E-state index in [1.54, 1.807) is 6.07 Å². The lowest BCUT2D eigenvalue weighted by molar-refractivity contribution is -0.384. The van der Waals surface area contributed by atoms with Gasteiger partial charge in [-0.15, -0.1) is 0 Å². The Balaban J connectivity index is 1.54. The van der Waals surface area contributed by atoms with Crippen LogP contribution in [0, 0.1) is 17.0 Å². The number of nitrogens with zero attached hydrogens (tertiary/aromatic N) is 4. The molecule has 29 heavy (non-hydrogen) atoms. The predicted octanol–water partition coefficient (Wildman–Crippen LogP) is 2.91. The van der Waals surface area contributed by atoms with E-state index < -0.39 is 4.92 Å². The zero-order valence-corrected chi connectivity index (χ0v) is 16.9. The van der Waals surface area contributed by atoms with E-state index in [1.807, 2.05) is 32.0 Å². The van der Waals surface area contributed by atoms with Crippen molar-refractivity contribution in [3.63, 3.8) is 0 Å². The Labute approximate surface area is 169 Å². The first-order valence-corrected chi connectivity index (χ1v) is 9.66. The molecule has 0 bridgehead atoms. The third kappa shape index (κ3) is 5.40. The first kappa shape index (κ1) is 20.5. The number of non-ortho nitro benzene ring substituents is 1. The minimum absolute atomic E-state index is 0.0595. The summed E-state index contributed by atoms with van der Waals surface area (Å²) in [5.74, 6) is 2.12. The van der Waals surface area contributed by atoms with E-state index in [2.05, 4.69) is 20.6 Å². The van der Waals surface area contributed by atoms with E-state index in [-0.39, 0.29) is 23.7 Å². The van der Waals surface area contributed by atoms with Crippen molar-refractivity contribution in [2.24, 2.45) is 0 Å². The van der Waals surface area contributed by atoms with Crippen LogP contribution in [0.3, 0.4) is 0 Å². The molecule has 9 nitrogen and oxygen atoms in total. The quantitative estimate of drug-likeness (QED) is 0.568. The summed E-state index contributed by atoms with van der Waals surface area (Å²) in [4.78, 5) is 33.6. The van der Waals surface area contributed by atoms with Crippen LogP contribution >= 0.6 is 0 Å². The van der Waals surface area contributed by atoms with Crippen molar-refractivity contribution in [1.29, 1.82) is 0 Å². The normalized spacial score (nSPS) is 18.7. The van der Waals surface area contributed by atoms with Gasteiger partial charge in [0.15, 0.2) is 0 Å². The summed E-state index contributed by atoms with van der Waals surface area (Å²) in [6.07, 6.45) is 3.48. The molecule has 2 aromatic rings. The van der Waals surface area contributed by atoms with Gasteiger partial charge in [-0.05, 0) is 38.7 Å². The van der Waals surface area contributed by atoms with Gasteiger partial charge in [0.05, 0.1) is 4.92 Å². The van der Waals surface area contributed by atoms with Crippen molar-refractivity contribution in [1.82, 2.24) is 15.3 Å². The van der Waals surface area contributed by atoms with Gasteiger partial charge in [-0.3, -0.25) is 14.9 Å². The lowest BCUT2D eigenvalue weighted by atomic mass is 9.91. The Morgan fingerprint density at radius 2 is 1.83 bits per heavy atom. The van der Waals surface area contributed by atoms with Crippen LogP contribution in [0.15, 0.2) is 30.3 Å². The molecular weight excluding hydrogens is 372 g/mol. The largest absolute Gasteiger partial charge is 0.367 e. The van der Waals surface area contributed by atoms with Crippen molar-refractivity contribution < 1.29 is 9.72 Å². The van der Waals surface area contributed by atoms with Gasteiger partial charge in [-0.1, -0.05) is 6.07 Å². The van der Waals surface area contributed by atoms with Crippen molar-refractivity contribution in [3.05, 3.63) is 51.8 Å². The third-order valence-electron chi connectivity index (χ3n) is 5.02. The van der Waals surface area contributed by atoms with Crippen LogP contribution in [0.4, 0.5) is 17.3 Å². The maximum Gasteiger partial charge on any atom is 0.270 e. The van der Waals surface area contributed by atoms with Gasteiger partial charge in [-0.25, -0.2) is 9.97 Å². The molecule has 0 aliphatic heterocycles. The average molecular weight is 398 g/mol. The van der Waals surface area contributed by atoms with Crippen LogP contribution in [-0.4, -0.2) is 47.0 Å². The lowest BCUT2D eigenvalue weighted by Gasteiger charge is -2.30. The van der Waals surface area contributed by atoms with Gasteiger partial charge in [0.2, 0.25) is 0 Å². The molecule has 154 valence electrons. The maximum atomic E-state index is 12.4. The Kier molecular flexibility index (Phi) is 6.26. The first-order valence-electron chi connectivity index (χ1n) is 9.66. The van der Waals surface area contributed by atoms with Crippen molar-refractivity contribution in [2.75, 3.05) is 24.3 Å². The summed E-state index contributed by atoms with van der Waals surface area (Å²) in [5, 5.41) is 17.4. The van der Waals surface area contributed by atoms with Crippen LogP contribution in [-0.2, 0) is 0 Å². The molecule has 1 aromatic carbocycles. The molecule has 0 radical (unpaired) electrons. The first-order chi connectivity index (χ1) is 13.8. The number of rotatable bonds is 6. The van der Waals surface area contributed by atoms with Crippen LogP contribution in [0.1, 0.15) is 41.9 Å². The maximum absolute atomic E-state index is 12.4. The number of carbonyl (C=O) groups excluding carboxylic acids is 1. The molecule has 1 saturated carbocycles. The van der Waals surface area contributed by atoms with E-state index in [4.69, 9.17) is 0 Å². The van der Waals surface area contributed by atoms with Gasteiger partial charge in [0, 0.05) is 49.9 Å². The molecule has 3 rings (SSSR count). The molecule has 2 N–H and O–H groups in total. The summed E-state index contributed by atoms with van der Waals surface area (Å²) in [5.41, 5.74) is 0.231. The molecular formula is C20H26N6O3. The summed E-state index contributed by atoms with van der Waals surface area (Å²) < 4.78 is 0. The molecule has 1 amide bonds. The van der Waals surface area contributed by atoms with Crippen LogP contribution in [0.2, 0.25) is 0 Å². The molecule has 1 fully saturated rings. The molecule has 0 saturated heterocycles. The van der Waals surface area contributed by atoms with Crippen LogP contribution in [0.5, 0.6) is 0 Å². The molecule has 0 unspecified atom stereocenters. The minimum Gasteiger partial charge on any atom is -0.367 e. The molecule has 1 aliphatic carbocycles. The molecule has 9 heteroatoms. The molecule has 1 aromatic heterocycles. The summed E-state index contributed by atoms with van der Waals surface area (Å²) in [7, 11) is 3.89. The Hall–Kier alpha value is -3.23. The second kappa shape index (κ2) is 8.85. The molecule has 0 atom stereocenters. The van der Waals surface area contributed by atoms with E-state index in [9.17, 15) is 14.9 Å². The van der Waals surface area contributed by atoms with Crippen molar-refractivity contribution >= 4 is 23.2 Å². The van der Waals surface area contributed by atoms with Gasteiger partial charge >= 0.3 is 0 Å². The molecule has 1 aliphatic rings. The van der Waals surface area contributed by atoms with Gasteiger partial charge in [0.1, 0.15) is 17.5 Å². The highest BCUT2D eigenvalue weighted by atomic mass is 16.6. The number of hydrogen-bond donors (Lipinski definition) is 2. The Morgan fingerprint density at radius 1 is 1.14 bits per heavy atom. The fourth-order valence-corrected chi connectivity index (χ4v) is 3.48. The standard InChI is InChI=1S/C20H26N6O3/c1-13-21-18(12-19(22-13)25(2)3)23-15-7-9-16(10-8-15)24-20(27)14-5-4-6-17(11-14)26(28)29/h4-6,11-12,15-16H,7-10H2,1-3H3,(H,24,27)(H,21,22,23)/t15-,16+. The van der Waals surface area contributed by atoms with E-state index >= 15 is 0 Å². The second-order valence-corrected chi connectivity index (χ2v) is 7.53. The highest BCUT2D eigenvalue weighted by Gasteiger charge is 2.23. The van der Waals surface area contributed by atoms with E-state index in [0.29, 0.717) is 5.56 Å². The Bertz CT molecular complexity index is 894. The number of anilines is 2. The number of nitro groups is 1. The number of nitro benzene ring substituents is 1. The SMILES string of the molecule is Cc1nc(N[C@H]2CC[C@@H](NC(=O)c3cccc([N+](=O)[O-])c3)CC2)cc(N(C)C)n1. The van der Waals surface area contributed by atoms with Gasteiger partial charge in [0.25, 0.3) is 11.6 Å². The summed E-state index contributed by atoms with van der Waals surface area (Å²) >= 11 is 0. The Morgan fingerprint density at radius 3 is 2.48 bits per heavy atom. The van der Waals surface area contributed by atoms with E-state index in [1.165, 1.54) is 18.2 Å². The summed E-state index contributed by atoms with van der Waals surface area (Å²) in [6, 6.07) is 8.08. The highest BCUT2D eigenvalue weighted by Crippen LogP contribution is 2.23. The van der Waals surface area contributed by atoms with Crippen LogP contribution < -0.4 is 15.5 Å². The third-order valence-corrected chi connectivity index (χ3v) is 5.02. The van der Waals surface area contributed by atoms with Gasteiger partial charge < -0.3 is 15.5 Å². The topological polar surface area (TPSA) is 113 Å². The number of aromatic nitrogens is 2. The second-order valence-electron chi connectivity index (χ2n) is 7.53. The number of aryl methyl sites for hydroxylation is 1. The fraction of sp³-hybridized carbons (Fsp3) is 0.450. The highest BCUT2D eigenvalue weighted by molar-refractivity contribution is 5.95. The average Bonchev–Trinajstić information content (AvgIpc) is 2.69. The lowest BCUT2D eigenvalue weighted by Crippen LogP contribution is -2.40. The number of carbonyl (C=O) groups is 1. The van der Waals surface area contributed by atoms with Gasteiger partial charge in [-0.2, -0.15) is 0 Å². The fourth-order valence-electron chi connectivity index (χ4n) is 3.48. The zero-order valence-electron chi connectivity index (χ0n) is 16.9. The predicted molar refractivity (Wildman–Crippen MR) is 111 cm³/mol. The smallest absolute Gasteiger partial charge is 0.270 e. The molecule has 1 heterocycles.